The van der Waals surface area contributed by atoms with Crippen molar-refractivity contribution in [3.63, 3.8) is 0 Å². The molecule has 1 saturated heterocycles. The molecule has 2 aliphatic rings. The lowest BCUT2D eigenvalue weighted by molar-refractivity contribution is -0.143. The van der Waals surface area contributed by atoms with Crippen LogP contribution in [0, 0.1) is 5.92 Å². The Hall–Kier alpha value is -1.89. The smallest absolute Gasteiger partial charge is 0.310 e. The third-order valence-electron chi connectivity index (χ3n) is 3.91. The first kappa shape index (κ1) is 13.1. The van der Waals surface area contributed by atoms with E-state index in [9.17, 15) is 9.59 Å². The van der Waals surface area contributed by atoms with Gasteiger partial charge in [0.1, 0.15) is 0 Å². The molecule has 2 N–H and O–H groups in total. The van der Waals surface area contributed by atoms with Gasteiger partial charge in [-0.15, -0.1) is 0 Å². The van der Waals surface area contributed by atoms with Gasteiger partial charge in [-0.25, -0.2) is 0 Å². The maximum atomic E-state index is 12.5. The first-order valence-electron chi connectivity index (χ1n) is 6.82. The molecule has 0 aromatic carbocycles. The number of aliphatic carboxylic acids is 1. The van der Waals surface area contributed by atoms with Crippen LogP contribution in [0.15, 0.2) is 0 Å². The second-order valence-corrected chi connectivity index (χ2v) is 5.24. The molecule has 1 unspecified atom stereocenters. The highest BCUT2D eigenvalue weighted by molar-refractivity contribution is 5.94. The molecule has 1 amide bonds. The maximum absolute atomic E-state index is 12.5. The van der Waals surface area contributed by atoms with Crippen molar-refractivity contribution in [3.8, 4) is 0 Å². The van der Waals surface area contributed by atoms with E-state index in [4.69, 9.17) is 9.84 Å². The van der Waals surface area contributed by atoms with E-state index in [0.29, 0.717) is 18.8 Å². The number of ether oxygens (including phenoxy) is 1. The van der Waals surface area contributed by atoms with Crippen molar-refractivity contribution in [1.82, 2.24) is 15.1 Å². The molecule has 1 aromatic heterocycles. The number of fused-ring (bicyclic) bond motifs is 1. The molecule has 1 atom stereocenters. The lowest BCUT2D eigenvalue weighted by Crippen LogP contribution is -2.38. The molecular weight excluding hydrogens is 262 g/mol. The molecule has 7 heteroatoms. The summed E-state index contributed by atoms with van der Waals surface area (Å²) in [5.74, 6) is -1.80. The Balaban J connectivity index is 1.80. The number of H-pyrrole nitrogens is 1. The Labute approximate surface area is 115 Å². The number of hydrogen-bond donors (Lipinski definition) is 2. The minimum Gasteiger partial charge on any atom is -0.481 e. The number of carbonyl (C=O) groups is 2. The van der Waals surface area contributed by atoms with Crippen LogP contribution in [0.2, 0.25) is 0 Å². The summed E-state index contributed by atoms with van der Waals surface area (Å²) >= 11 is 0. The van der Waals surface area contributed by atoms with Crippen molar-refractivity contribution in [2.75, 3.05) is 26.3 Å². The van der Waals surface area contributed by atoms with Crippen LogP contribution in [-0.2, 0) is 22.4 Å². The molecule has 1 aliphatic heterocycles. The van der Waals surface area contributed by atoms with Crippen LogP contribution in [-0.4, -0.2) is 58.4 Å². The van der Waals surface area contributed by atoms with Crippen LogP contribution < -0.4 is 0 Å². The van der Waals surface area contributed by atoms with Gasteiger partial charge >= 0.3 is 5.97 Å². The average Bonchev–Trinajstić information content (AvgIpc) is 2.93. The lowest BCUT2D eigenvalue weighted by atomic mass is 10.1. The summed E-state index contributed by atoms with van der Waals surface area (Å²) in [6.07, 6.45) is 2.82. The second kappa shape index (κ2) is 5.24. The predicted octanol–water partition coefficient (Wildman–Crippen LogP) is 0.0716. The fourth-order valence-corrected chi connectivity index (χ4v) is 2.79. The van der Waals surface area contributed by atoms with Crippen molar-refractivity contribution in [3.05, 3.63) is 17.0 Å². The molecule has 7 nitrogen and oxygen atoms in total. The SMILES string of the molecule is O=C(O)C1COCCN(C(=O)c2n[nH]c3c2CCC3)C1. The quantitative estimate of drug-likeness (QED) is 0.799. The van der Waals surface area contributed by atoms with Gasteiger partial charge in [0.2, 0.25) is 0 Å². The third kappa shape index (κ3) is 2.29. The molecule has 0 radical (unpaired) electrons. The number of nitrogens with zero attached hydrogens (tertiary/aromatic N) is 2. The maximum Gasteiger partial charge on any atom is 0.310 e. The summed E-state index contributed by atoms with van der Waals surface area (Å²) in [7, 11) is 0. The van der Waals surface area contributed by atoms with Gasteiger partial charge in [-0.05, 0) is 19.3 Å². The summed E-state index contributed by atoms with van der Waals surface area (Å²) < 4.78 is 5.26. The number of carboxylic acid groups (broad SMARTS) is 1. The van der Waals surface area contributed by atoms with Gasteiger partial charge in [0.15, 0.2) is 5.69 Å². The van der Waals surface area contributed by atoms with E-state index in [1.807, 2.05) is 0 Å². The van der Waals surface area contributed by atoms with Crippen LogP contribution in [0.5, 0.6) is 0 Å². The van der Waals surface area contributed by atoms with Gasteiger partial charge in [0, 0.05) is 24.3 Å². The minimum absolute atomic E-state index is 0.151. The normalized spacial score (nSPS) is 22.4. The van der Waals surface area contributed by atoms with Crippen molar-refractivity contribution in [2.24, 2.45) is 5.92 Å². The number of aryl methyl sites for hydroxylation is 1. The van der Waals surface area contributed by atoms with Gasteiger partial charge < -0.3 is 14.7 Å². The van der Waals surface area contributed by atoms with Crippen LogP contribution >= 0.6 is 0 Å². The van der Waals surface area contributed by atoms with Gasteiger partial charge in [0.25, 0.3) is 5.91 Å². The summed E-state index contributed by atoms with van der Waals surface area (Å²) in [6.45, 7) is 1.10. The zero-order valence-electron chi connectivity index (χ0n) is 11.1. The Kier molecular flexibility index (Phi) is 3.43. The van der Waals surface area contributed by atoms with Crippen LogP contribution in [0.4, 0.5) is 0 Å². The number of rotatable bonds is 2. The zero-order chi connectivity index (χ0) is 14.1. The van der Waals surface area contributed by atoms with Gasteiger partial charge in [-0.2, -0.15) is 5.10 Å². The van der Waals surface area contributed by atoms with E-state index >= 15 is 0 Å². The molecule has 1 aromatic rings. The van der Waals surface area contributed by atoms with E-state index in [-0.39, 0.29) is 19.1 Å². The molecule has 108 valence electrons. The summed E-state index contributed by atoms with van der Waals surface area (Å²) in [5, 5.41) is 16.1. The van der Waals surface area contributed by atoms with Gasteiger partial charge in [-0.1, -0.05) is 0 Å². The van der Waals surface area contributed by atoms with E-state index in [1.54, 1.807) is 4.90 Å². The highest BCUT2D eigenvalue weighted by Crippen LogP contribution is 2.24. The Morgan fingerprint density at radius 3 is 3.05 bits per heavy atom. The molecule has 1 fully saturated rings. The molecule has 3 rings (SSSR count). The first-order chi connectivity index (χ1) is 9.66. The standard InChI is InChI=1S/C13H17N3O4/c17-12(11-9-2-1-3-10(9)14-15-11)16-4-5-20-7-8(6-16)13(18)19/h8H,1-7H2,(H,14,15)(H,18,19). The van der Waals surface area contributed by atoms with Gasteiger partial charge in [0.05, 0.1) is 19.1 Å². The monoisotopic (exact) mass is 279 g/mol. The van der Waals surface area contributed by atoms with Crippen LogP contribution in [0.25, 0.3) is 0 Å². The van der Waals surface area contributed by atoms with E-state index in [1.165, 1.54) is 0 Å². The highest BCUT2D eigenvalue weighted by Gasteiger charge is 2.31. The number of aromatic amines is 1. The van der Waals surface area contributed by atoms with Crippen molar-refractivity contribution in [2.45, 2.75) is 19.3 Å². The molecule has 0 saturated carbocycles. The second-order valence-electron chi connectivity index (χ2n) is 5.24. The Bertz CT molecular complexity index is 540. The minimum atomic E-state index is -0.933. The van der Waals surface area contributed by atoms with E-state index in [0.717, 1.165) is 30.5 Å². The molecule has 20 heavy (non-hydrogen) atoms. The Morgan fingerprint density at radius 2 is 2.25 bits per heavy atom. The van der Waals surface area contributed by atoms with Crippen molar-refractivity contribution >= 4 is 11.9 Å². The molecule has 0 spiro atoms. The van der Waals surface area contributed by atoms with E-state index < -0.39 is 11.9 Å². The third-order valence-corrected chi connectivity index (χ3v) is 3.91. The molecule has 1 aliphatic carbocycles. The van der Waals surface area contributed by atoms with Crippen molar-refractivity contribution < 1.29 is 19.4 Å². The number of amides is 1. The number of carboxylic acids is 1. The number of nitrogens with one attached hydrogen (secondary N) is 1. The average molecular weight is 279 g/mol. The molecule has 0 bridgehead atoms. The summed E-state index contributed by atoms with van der Waals surface area (Å²) in [6, 6.07) is 0. The largest absolute Gasteiger partial charge is 0.481 e. The molecular formula is C13H17N3O4. The lowest BCUT2D eigenvalue weighted by Gasteiger charge is -2.21. The van der Waals surface area contributed by atoms with E-state index in [2.05, 4.69) is 10.2 Å². The summed E-state index contributed by atoms with van der Waals surface area (Å²) in [5.41, 5.74) is 2.48. The van der Waals surface area contributed by atoms with Crippen molar-refractivity contribution in [1.29, 1.82) is 0 Å². The fourth-order valence-electron chi connectivity index (χ4n) is 2.79. The summed E-state index contributed by atoms with van der Waals surface area (Å²) in [4.78, 5) is 25.2. The number of aromatic nitrogens is 2. The van der Waals surface area contributed by atoms with Gasteiger partial charge in [-0.3, -0.25) is 14.7 Å². The zero-order valence-corrected chi connectivity index (χ0v) is 11.1. The molecule has 2 heterocycles. The predicted molar refractivity (Wildman–Crippen MR) is 68.5 cm³/mol. The number of carbonyl (C=O) groups excluding carboxylic acids is 1. The highest BCUT2D eigenvalue weighted by atomic mass is 16.5. The Morgan fingerprint density at radius 1 is 1.40 bits per heavy atom. The van der Waals surface area contributed by atoms with Crippen LogP contribution in [0.1, 0.15) is 28.2 Å². The van der Waals surface area contributed by atoms with Crippen LogP contribution in [0.3, 0.4) is 0 Å². The number of hydrogen-bond acceptors (Lipinski definition) is 4. The topological polar surface area (TPSA) is 95.5 Å². The first-order valence-corrected chi connectivity index (χ1v) is 6.82. The fraction of sp³-hybridized carbons (Fsp3) is 0.615.